The Labute approximate surface area is 135 Å². The van der Waals surface area contributed by atoms with E-state index in [1.807, 2.05) is 19.2 Å². The second kappa shape index (κ2) is 8.12. The van der Waals surface area contributed by atoms with Crippen LogP contribution in [0.1, 0.15) is 44.3 Å². The second-order valence-corrected chi connectivity index (χ2v) is 6.77. The third-order valence-electron chi connectivity index (χ3n) is 3.21. The number of carbonyl (C=O) groups excluding carboxylic acids is 2. The Morgan fingerprint density at radius 3 is 2.45 bits per heavy atom. The van der Waals surface area contributed by atoms with E-state index < -0.39 is 12.0 Å². The maximum absolute atomic E-state index is 12.2. The number of methoxy groups -OCH3 is 1. The zero-order valence-electron chi connectivity index (χ0n) is 14.0. The summed E-state index contributed by atoms with van der Waals surface area (Å²) in [6, 6.07) is -0.968. The van der Waals surface area contributed by atoms with E-state index in [-0.39, 0.29) is 11.9 Å². The number of urea groups is 1. The van der Waals surface area contributed by atoms with Gasteiger partial charge in [0.2, 0.25) is 0 Å². The molecule has 1 atom stereocenters. The van der Waals surface area contributed by atoms with Gasteiger partial charge in [0.1, 0.15) is 6.04 Å². The van der Waals surface area contributed by atoms with Crippen molar-refractivity contribution < 1.29 is 14.3 Å². The van der Waals surface area contributed by atoms with E-state index in [4.69, 9.17) is 4.74 Å². The van der Waals surface area contributed by atoms with Crippen LogP contribution in [-0.2, 0) is 16.1 Å². The van der Waals surface area contributed by atoms with Crippen molar-refractivity contribution >= 4 is 23.3 Å². The minimum absolute atomic E-state index is 0.0448. The topological polar surface area (TPSA) is 71.5 Å². The molecule has 0 fully saturated rings. The molecule has 0 saturated heterocycles. The first kappa shape index (κ1) is 18.4. The van der Waals surface area contributed by atoms with Gasteiger partial charge in [0, 0.05) is 18.3 Å². The third kappa shape index (κ3) is 4.98. The molecule has 22 heavy (non-hydrogen) atoms. The lowest BCUT2D eigenvalue weighted by molar-refractivity contribution is -0.144. The summed E-state index contributed by atoms with van der Waals surface area (Å²) in [6.45, 7) is 8.29. The Hall–Kier alpha value is -1.63. The van der Waals surface area contributed by atoms with E-state index in [0.717, 1.165) is 10.7 Å². The maximum atomic E-state index is 12.2. The minimum Gasteiger partial charge on any atom is -0.467 e. The van der Waals surface area contributed by atoms with Gasteiger partial charge in [-0.2, -0.15) is 0 Å². The van der Waals surface area contributed by atoms with Crippen LogP contribution in [0.25, 0.3) is 0 Å². The summed E-state index contributed by atoms with van der Waals surface area (Å²) in [4.78, 5) is 29.9. The summed E-state index contributed by atoms with van der Waals surface area (Å²) in [5, 5.41) is 5.72. The molecule has 2 amide bonds. The summed E-state index contributed by atoms with van der Waals surface area (Å²) in [5.41, 5.74) is 0.852. The second-order valence-electron chi connectivity index (χ2n) is 5.88. The molecule has 0 aliphatic rings. The monoisotopic (exact) mass is 327 g/mol. The Morgan fingerprint density at radius 1 is 1.36 bits per heavy atom. The van der Waals surface area contributed by atoms with Gasteiger partial charge in [-0.05, 0) is 5.92 Å². The summed E-state index contributed by atoms with van der Waals surface area (Å²) in [6.07, 6.45) is 0. The van der Waals surface area contributed by atoms with Gasteiger partial charge in [-0.15, -0.1) is 11.3 Å². The standard InChI is InChI=1S/C15H25N3O3S/c1-9(2)12(14(19)21-6)17-15(20)18(5)7-11-8-22-13(16-11)10(3)4/h8-10,12H,7H2,1-6H3,(H,17,20). The van der Waals surface area contributed by atoms with Gasteiger partial charge in [0.25, 0.3) is 0 Å². The van der Waals surface area contributed by atoms with Crippen LogP contribution in [0.5, 0.6) is 0 Å². The predicted molar refractivity (Wildman–Crippen MR) is 86.8 cm³/mol. The lowest BCUT2D eigenvalue weighted by Crippen LogP contribution is -2.49. The molecule has 0 aromatic carbocycles. The Kier molecular flexibility index (Phi) is 6.80. The van der Waals surface area contributed by atoms with Gasteiger partial charge in [-0.1, -0.05) is 27.7 Å². The van der Waals surface area contributed by atoms with Gasteiger partial charge < -0.3 is 15.0 Å². The highest BCUT2D eigenvalue weighted by Crippen LogP contribution is 2.19. The number of thiazole rings is 1. The molecule has 0 aliphatic heterocycles. The Balaban J connectivity index is 2.65. The van der Waals surface area contributed by atoms with E-state index in [2.05, 4.69) is 24.1 Å². The SMILES string of the molecule is COC(=O)C(NC(=O)N(C)Cc1csc(C(C)C)n1)C(C)C. The van der Waals surface area contributed by atoms with Crippen molar-refractivity contribution in [3.63, 3.8) is 0 Å². The number of nitrogens with zero attached hydrogens (tertiary/aromatic N) is 2. The van der Waals surface area contributed by atoms with Crippen molar-refractivity contribution in [2.45, 2.75) is 46.2 Å². The molecule has 1 unspecified atom stereocenters. The van der Waals surface area contributed by atoms with Gasteiger partial charge in [0.15, 0.2) is 0 Å². The van der Waals surface area contributed by atoms with Gasteiger partial charge >= 0.3 is 12.0 Å². The molecule has 0 aliphatic carbocycles. The van der Waals surface area contributed by atoms with Crippen LogP contribution < -0.4 is 5.32 Å². The normalized spacial score (nSPS) is 12.4. The Bertz CT molecular complexity index is 514. The molecule has 1 N–H and O–H groups in total. The van der Waals surface area contributed by atoms with Crippen molar-refractivity contribution in [2.24, 2.45) is 5.92 Å². The summed E-state index contributed by atoms with van der Waals surface area (Å²) >= 11 is 1.60. The quantitative estimate of drug-likeness (QED) is 0.815. The first-order chi connectivity index (χ1) is 10.3. The van der Waals surface area contributed by atoms with Crippen LogP contribution in [0.15, 0.2) is 5.38 Å². The van der Waals surface area contributed by atoms with E-state index >= 15 is 0 Å². The first-order valence-electron chi connectivity index (χ1n) is 7.30. The largest absolute Gasteiger partial charge is 0.467 e. The minimum atomic E-state index is -0.651. The van der Waals surface area contributed by atoms with Gasteiger partial charge in [-0.3, -0.25) is 0 Å². The molecule has 0 saturated carbocycles. The van der Waals surface area contributed by atoms with Crippen LogP contribution in [0, 0.1) is 5.92 Å². The lowest BCUT2D eigenvalue weighted by atomic mass is 10.1. The third-order valence-corrected chi connectivity index (χ3v) is 4.40. The highest BCUT2D eigenvalue weighted by Gasteiger charge is 2.26. The molecule has 0 spiro atoms. The number of ether oxygens (including phenoxy) is 1. The van der Waals surface area contributed by atoms with Crippen molar-refractivity contribution in [1.29, 1.82) is 0 Å². The molecule has 1 rings (SSSR count). The van der Waals surface area contributed by atoms with E-state index in [1.54, 1.807) is 18.4 Å². The van der Waals surface area contributed by atoms with Crippen molar-refractivity contribution in [3.05, 3.63) is 16.1 Å². The molecule has 1 aromatic rings. The summed E-state index contributed by atoms with van der Waals surface area (Å²) < 4.78 is 4.72. The highest BCUT2D eigenvalue weighted by atomic mass is 32.1. The van der Waals surface area contributed by atoms with E-state index in [1.165, 1.54) is 12.0 Å². The van der Waals surface area contributed by atoms with Crippen molar-refractivity contribution in [2.75, 3.05) is 14.2 Å². The zero-order valence-corrected chi connectivity index (χ0v) is 14.9. The lowest BCUT2D eigenvalue weighted by Gasteiger charge is -2.23. The molecule has 1 aromatic heterocycles. The van der Waals surface area contributed by atoms with E-state index in [9.17, 15) is 9.59 Å². The number of hydrogen-bond donors (Lipinski definition) is 1. The van der Waals surface area contributed by atoms with Crippen molar-refractivity contribution in [3.8, 4) is 0 Å². The fourth-order valence-electron chi connectivity index (χ4n) is 1.84. The fourth-order valence-corrected chi connectivity index (χ4v) is 2.67. The average Bonchev–Trinajstić information content (AvgIpc) is 2.91. The van der Waals surface area contributed by atoms with Crippen LogP contribution in [-0.4, -0.2) is 42.1 Å². The van der Waals surface area contributed by atoms with Crippen LogP contribution in [0.2, 0.25) is 0 Å². The van der Waals surface area contributed by atoms with Gasteiger partial charge in [0.05, 0.1) is 24.4 Å². The number of amides is 2. The zero-order chi connectivity index (χ0) is 16.9. The molecule has 0 radical (unpaired) electrons. The maximum Gasteiger partial charge on any atom is 0.328 e. The molecule has 6 nitrogen and oxygen atoms in total. The highest BCUT2D eigenvalue weighted by molar-refractivity contribution is 7.09. The van der Waals surface area contributed by atoms with Crippen molar-refractivity contribution in [1.82, 2.24) is 15.2 Å². The smallest absolute Gasteiger partial charge is 0.328 e. The molecule has 0 bridgehead atoms. The number of carbonyl (C=O) groups is 2. The van der Waals surface area contributed by atoms with Crippen LogP contribution in [0.3, 0.4) is 0 Å². The van der Waals surface area contributed by atoms with Crippen LogP contribution >= 0.6 is 11.3 Å². The predicted octanol–water partition coefficient (Wildman–Crippen LogP) is 2.61. The molecule has 124 valence electrons. The van der Waals surface area contributed by atoms with Crippen LogP contribution in [0.4, 0.5) is 4.79 Å². The number of nitrogens with one attached hydrogen (secondary N) is 1. The molecular weight excluding hydrogens is 302 g/mol. The molecular formula is C15H25N3O3S. The van der Waals surface area contributed by atoms with Gasteiger partial charge in [-0.25, -0.2) is 14.6 Å². The molecule has 7 heteroatoms. The first-order valence-corrected chi connectivity index (χ1v) is 8.18. The summed E-state index contributed by atoms with van der Waals surface area (Å²) in [5.74, 6) is -0.105. The average molecular weight is 327 g/mol. The number of rotatable bonds is 6. The number of hydrogen-bond acceptors (Lipinski definition) is 5. The number of esters is 1. The summed E-state index contributed by atoms with van der Waals surface area (Å²) in [7, 11) is 2.99. The molecule has 1 heterocycles. The fraction of sp³-hybridized carbons (Fsp3) is 0.667. The van der Waals surface area contributed by atoms with E-state index in [0.29, 0.717) is 12.5 Å². The Morgan fingerprint density at radius 2 is 2.00 bits per heavy atom. The number of aromatic nitrogens is 1.